The molecule has 27 heavy (non-hydrogen) atoms. The summed E-state index contributed by atoms with van der Waals surface area (Å²) >= 11 is 1.09. The highest BCUT2D eigenvalue weighted by molar-refractivity contribution is 8.13. The van der Waals surface area contributed by atoms with Crippen LogP contribution in [0.2, 0.25) is 0 Å². The maximum absolute atomic E-state index is 13.1. The van der Waals surface area contributed by atoms with Gasteiger partial charge in [0, 0.05) is 37.5 Å². The first-order valence-electron chi connectivity index (χ1n) is 9.61. The molecule has 2 atom stereocenters. The molecule has 1 rings (SSSR count). The van der Waals surface area contributed by atoms with Gasteiger partial charge in [0.2, 0.25) is 5.91 Å². The second-order valence-corrected chi connectivity index (χ2v) is 9.58. The molecule has 154 valence electrons. The largest absolute Gasteiger partial charge is 0.458 e. The zero-order valence-corrected chi connectivity index (χ0v) is 18.2. The zero-order chi connectivity index (χ0) is 20.8. The van der Waals surface area contributed by atoms with Gasteiger partial charge in [-0.3, -0.25) is 14.4 Å². The minimum absolute atomic E-state index is 0.0619. The molecule has 1 heterocycles. The Bertz CT molecular complexity index is 567. The molecule has 6 nitrogen and oxygen atoms in total. The van der Waals surface area contributed by atoms with Crippen molar-refractivity contribution >= 4 is 34.5 Å². The number of amides is 1. The van der Waals surface area contributed by atoms with Crippen molar-refractivity contribution in [1.29, 1.82) is 0 Å². The van der Waals surface area contributed by atoms with Gasteiger partial charge in [0.05, 0.1) is 0 Å². The highest BCUT2D eigenvalue weighted by atomic mass is 32.2. The molecule has 1 aliphatic rings. The van der Waals surface area contributed by atoms with Crippen molar-refractivity contribution in [3.8, 4) is 0 Å². The number of rotatable bonds is 8. The van der Waals surface area contributed by atoms with E-state index in [0.29, 0.717) is 31.6 Å². The number of nitrogens with zero attached hydrogens (tertiary/aromatic N) is 1. The topological polar surface area (TPSA) is 80.8 Å². The van der Waals surface area contributed by atoms with Crippen LogP contribution in [0.5, 0.6) is 0 Å². The molecule has 0 spiro atoms. The third-order valence-electron chi connectivity index (χ3n) is 4.43. The first-order chi connectivity index (χ1) is 12.4. The summed E-state index contributed by atoms with van der Waals surface area (Å²) < 4.78 is 5.46. The van der Waals surface area contributed by atoms with E-state index in [4.69, 9.17) is 4.74 Å². The van der Waals surface area contributed by atoms with Crippen LogP contribution in [0.3, 0.4) is 0 Å². The van der Waals surface area contributed by atoms with Crippen LogP contribution in [-0.4, -0.2) is 51.6 Å². The summed E-state index contributed by atoms with van der Waals surface area (Å²) in [7, 11) is 0. The predicted octanol–water partition coefficient (Wildman–Crippen LogP) is 3.22. The summed E-state index contributed by atoms with van der Waals surface area (Å²) in [5, 5.41) is -0.0619. The summed E-state index contributed by atoms with van der Waals surface area (Å²) in [6.07, 6.45) is 2.02. The van der Waals surface area contributed by atoms with Crippen LogP contribution in [-0.2, 0) is 23.9 Å². The molecule has 0 aromatic carbocycles. The first-order valence-corrected chi connectivity index (χ1v) is 10.6. The van der Waals surface area contributed by atoms with Crippen molar-refractivity contribution in [3.63, 3.8) is 0 Å². The second kappa shape index (κ2) is 10.2. The van der Waals surface area contributed by atoms with Gasteiger partial charge >= 0.3 is 5.97 Å². The fraction of sp³-hybridized carbons (Fsp3) is 0.800. The molecular weight excluding hydrogens is 366 g/mol. The maximum Gasteiger partial charge on any atom is 0.329 e. The van der Waals surface area contributed by atoms with Crippen molar-refractivity contribution < 1.29 is 23.9 Å². The van der Waals surface area contributed by atoms with E-state index in [1.54, 1.807) is 25.7 Å². The highest BCUT2D eigenvalue weighted by Crippen LogP contribution is 2.26. The summed E-state index contributed by atoms with van der Waals surface area (Å²) in [4.78, 5) is 50.5. The fourth-order valence-corrected chi connectivity index (χ4v) is 3.73. The van der Waals surface area contributed by atoms with Crippen LogP contribution in [0, 0.1) is 11.8 Å². The van der Waals surface area contributed by atoms with Crippen LogP contribution in [0.1, 0.15) is 67.2 Å². The number of Topliss-reactive ketones (excluding diaryl/α,β-unsaturated/α-hetero) is 1. The summed E-state index contributed by atoms with van der Waals surface area (Å²) in [5.74, 6) is -0.645. The number of hydrogen-bond acceptors (Lipinski definition) is 6. The van der Waals surface area contributed by atoms with E-state index < -0.39 is 17.6 Å². The van der Waals surface area contributed by atoms with E-state index >= 15 is 0 Å². The average Bonchev–Trinajstić information content (AvgIpc) is 3.01. The van der Waals surface area contributed by atoms with Crippen molar-refractivity contribution in [2.75, 3.05) is 12.3 Å². The van der Waals surface area contributed by atoms with Gasteiger partial charge in [-0.15, -0.1) is 0 Å². The van der Waals surface area contributed by atoms with Gasteiger partial charge in [0.1, 0.15) is 17.4 Å². The Kier molecular flexibility index (Phi) is 8.99. The van der Waals surface area contributed by atoms with Gasteiger partial charge in [-0.25, -0.2) is 4.79 Å². The van der Waals surface area contributed by atoms with Crippen LogP contribution in [0.15, 0.2) is 0 Å². The standard InChI is InChI=1S/C20H33NO5S/c1-13(2)17(23)10-9-15(12-27-14(3)22)18(24)21-11-7-8-16(21)19(25)26-20(4,5)6/h13,15-16H,7-12H2,1-6H3/t15?,16-/m0/s1. The lowest BCUT2D eigenvalue weighted by Gasteiger charge is -2.30. The highest BCUT2D eigenvalue weighted by Gasteiger charge is 2.39. The summed E-state index contributed by atoms with van der Waals surface area (Å²) in [6.45, 7) is 11.0. The van der Waals surface area contributed by atoms with Gasteiger partial charge in [0.15, 0.2) is 5.12 Å². The van der Waals surface area contributed by atoms with Crippen molar-refractivity contribution in [2.45, 2.75) is 78.9 Å². The number of thioether (sulfide) groups is 1. The normalized spacial score (nSPS) is 18.5. The Hall–Kier alpha value is -1.37. The lowest BCUT2D eigenvalue weighted by atomic mass is 9.97. The van der Waals surface area contributed by atoms with E-state index in [2.05, 4.69) is 0 Å². The maximum atomic E-state index is 13.1. The van der Waals surface area contributed by atoms with Crippen LogP contribution in [0.25, 0.3) is 0 Å². The van der Waals surface area contributed by atoms with Crippen molar-refractivity contribution in [2.24, 2.45) is 11.8 Å². The van der Waals surface area contributed by atoms with Gasteiger partial charge in [-0.1, -0.05) is 25.6 Å². The molecule has 1 saturated heterocycles. The smallest absolute Gasteiger partial charge is 0.329 e. The van der Waals surface area contributed by atoms with Crippen molar-refractivity contribution in [1.82, 2.24) is 4.90 Å². The lowest BCUT2D eigenvalue weighted by Crippen LogP contribution is -2.46. The van der Waals surface area contributed by atoms with Gasteiger partial charge in [0.25, 0.3) is 0 Å². The fourth-order valence-electron chi connectivity index (χ4n) is 2.98. The Balaban J connectivity index is 2.85. The Morgan fingerprint density at radius 3 is 2.33 bits per heavy atom. The molecule has 0 saturated carbocycles. The van der Waals surface area contributed by atoms with Gasteiger partial charge in [-0.2, -0.15) is 0 Å². The molecule has 0 bridgehead atoms. The molecule has 7 heteroatoms. The van der Waals surface area contributed by atoms with Crippen molar-refractivity contribution in [3.05, 3.63) is 0 Å². The SMILES string of the molecule is CC(=O)SCC(CCC(=O)C(C)C)C(=O)N1CCC[C@H]1C(=O)OC(C)(C)C. The van der Waals surface area contributed by atoms with E-state index in [1.165, 1.54) is 6.92 Å². The van der Waals surface area contributed by atoms with Gasteiger partial charge in [-0.05, 0) is 40.0 Å². The molecule has 0 aliphatic carbocycles. The van der Waals surface area contributed by atoms with E-state index in [0.717, 1.165) is 18.2 Å². The number of esters is 1. The molecule has 0 radical (unpaired) electrons. The summed E-state index contributed by atoms with van der Waals surface area (Å²) in [5.41, 5.74) is -0.609. The van der Waals surface area contributed by atoms with Crippen LogP contribution in [0.4, 0.5) is 0 Å². The first kappa shape index (κ1) is 23.7. The lowest BCUT2D eigenvalue weighted by molar-refractivity contribution is -0.164. The molecule has 1 amide bonds. The Morgan fingerprint density at radius 1 is 1.19 bits per heavy atom. The molecule has 0 N–H and O–H groups in total. The number of carbonyl (C=O) groups excluding carboxylic acids is 4. The van der Waals surface area contributed by atoms with E-state index in [9.17, 15) is 19.2 Å². The third-order valence-corrected chi connectivity index (χ3v) is 5.41. The average molecular weight is 400 g/mol. The van der Waals surface area contributed by atoms with E-state index in [1.807, 2.05) is 13.8 Å². The molecule has 1 aliphatic heterocycles. The number of ketones is 1. The van der Waals surface area contributed by atoms with Gasteiger partial charge < -0.3 is 9.64 Å². The number of hydrogen-bond donors (Lipinski definition) is 0. The monoisotopic (exact) mass is 399 g/mol. The summed E-state index contributed by atoms with van der Waals surface area (Å²) in [6, 6.07) is -0.581. The van der Waals surface area contributed by atoms with E-state index in [-0.39, 0.29) is 28.7 Å². The molecule has 1 fully saturated rings. The second-order valence-electron chi connectivity index (χ2n) is 8.38. The number of carbonyl (C=O) groups is 4. The predicted molar refractivity (Wildman–Crippen MR) is 106 cm³/mol. The van der Waals surface area contributed by atoms with Crippen LogP contribution >= 0.6 is 11.8 Å². The van der Waals surface area contributed by atoms with Crippen LogP contribution < -0.4 is 0 Å². The number of ether oxygens (including phenoxy) is 1. The number of likely N-dealkylation sites (tertiary alicyclic amines) is 1. The Labute approximate surface area is 166 Å². The molecule has 0 aromatic heterocycles. The molecule has 1 unspecified atom stereocenters. The quantitative estimate of drug-likeness (QED) is 0.583. The minimum Gasteiger partial charge on any atom is -0.458 e. The molecular formula is C20H33NO5S. The third kappa shape index (κ3) is 8.03. The zero-order valence-electron chi connectivity index (χ0n) is 17.4. The minimum atomic E-state index is -0.609. The molecule has 0 aromatic rings. The Morgan fingerprint density at radius 2 is 1.81 bits per heavy atom.